The molecule has 1 fully saturated rings. The number of hydrogen-bond donors (Lipinski definition) is 2. The quantitative estimate of drug-likeness (QED) is 0.772. The van der Waals surface area contributed by atoms with Crippen molar-refractivity contribution in [3.05, 3.63) is 28.7 Å². The molecule has 2 N–H and O–H groups in total. The smallest absolute Gasteiger partial charge is 0.475 e. The first kappa shape index (κ1) is 19.9. The summed E-state index contributed by atoms with van der Waals surface area (Å²) < 4.78 is 57.1. The van der Waals surface area contributed by atoms with Crippen LogP contribution in [0.15, 0.2) is 33.6 Å². The number of nitrogens with one attached hydrogen (secondary N) is 1. The lowest BCUT2D eigenvalue weighted by Crippen LogP contribution is -2.35. The van der Waals surface area contributed by atoms with Gasteiger partial charge >= 0.3 is 12.1 Å². The molecule has 5 nitrogen and oxygen atoms in total. The molecule has 130 valence electrons. The maximum atomic E-state index is 12.3. The Hall–Kier alpha value is -1.13. The van der Waals surface area contributed by atoms with Crippen molar-refractivity contribution in [2.45, 2.75) is 29.2 Å². The van der Waals surface area contributed by atoms with Crippen LogP contribution in [0.2, 0.25) is 0 Å². The lowest BCUT2D eigenvalue weighted by molar-refractivity contribution is -0.192. The number of carbonyl (C=O) groups is 1. The molecule has 0 unspecified atom stereocenters. The molecule has 2 rings (SSSR count). The minimum absolute atomic E-state index is 0.227. The summed E-state index contributed by atoms with van der Waals surface area (Å²) in [6, 6.07) is 6.88. The first-order valence-electron chi connectivity index (χ1n) is 6.55. The van der Waals surface area contributed by atoms with Crippen molar-refractivity contribution in [3.8, 4) is 0 Å². The van der Waals surface area contributed by atoms with E-state index < -0.39 is 22.0 Å². The standard InChI is InChI=1S/C11H14BrNO2S.C2HF3O2/c12-9-1-3-10(4-2-9)16(14,15)11-5-7-13-8-6-11;3-2(4,5)1(6)7/h1-4,11,13H,5-8H2;(H,6,7). The monoisotopic (exact) mass is 417 g/mol. The van der Waals surface area contributed by atoms with E-state index in [0.29, 0.717) is 17.7 Å². The lowest BCUT2D eigenvalue weighted by atomic mass is 10.2. The Bertz CT molecular complexity index is 626. The minimum Gasteiger partial charge on any atom is -0.475 e. The minimum atomic E-state index is -5.08. The third-order valence-electron chi connectivity index (χ3n) is 3.11. The number of piperidine rings is 1. The number of carboxylic acids is 1. The molecule has 1 aromatic carbocycles. The van der Waals surface area contributed by atoms with Gasteiger partial charge in [-0.3, -0.25) is 0 Å². The van der Waals surface area contributed by atoms with E-state index in [1.54, 1.807) is 24.3 Å². The molecule has 1 aromatic rings. The summed E-state index contributed by atoms with van der Waals surface area (Å²) in [5, 5.41) is 10.1. The molecule has 0 amide bonds. The number of alkyl halides is 3. The lowest BCUT2D eigenvalue weighted by Gasteiger charge is -2.22. The van der Waals surface area contributed by atoms with Crippen molar-refractivity contribution in [3.63, 3.8) is 0 Å². The van der Waals surface area contributed by atoms with E-state index in [2.05, 4.69) is 21.2 Å². The van der Waals surface area contributed by atoms with Crippen molar-refractivity contribution in [2.75, 3.05) is 13.1 Å². The number of halogens is 4. The second-order valence-electron chi connectivity index (χ2n) is 4.75. The van der Waals surface area contributed by atoms with Crippen LogP contribution >= 0.6 is 15.9 Å². The van der Waals surface area contributed by atoms with Crippen LogP contribution < -0.4 is 5.32 Å². The second-order valence-corrected chi connectivity index (χ2v) is 7.89. The molecule has 23 heavy (non-hydrogen) atoms. The Morgan fingerprint density at radius 3 is 2.00 bits per heavy atom. The fraction of sp³-hybridized carbons (Fsp3) is 0.462. The summed E-state index contributed by atoms with van der Waals surface area (Å²) in [5.74, 6) is -2.76. The highest BCUT2D eigenvalue weighted by molar-refractivity contribution is 9.10. The van der Waals surface area contributed by atoms with Crippen LogP contribution in [0.4, 0.5) is 13.2 Å². The van der Waals surface area contributed by atoms with Gasteiger partial charge in [-0.25, -0.2) is 13.2 Å². The molecule has 0 aromatic heterocycles. The fourth-order valence-corrected chi connectivity index (χ4v) is 3.94. The molecule has 0 bridgehead atoms. The second kappa shape index (κ2) is 8.11. The Kier molecular flexibility index (Phi) is 7.02. The largest absolute Gasteiger partial charge is 0.490 e. The highest BCUT2D eigenvalue weighted by Gasteiger charge is 2.38. The van der Waals surface area contributed by atoms with Crippen LogP contribution in [-0.2, 0) is 14.6 Å². The average Bonchev–Trinajstić information content (AvgIpc) is 2.48. The first-order valence-corrected chi connectivity index (χ1v) is 8.89. The van der Waals surface area contributed by atoms with E-state index in [9.17, 15) is 21.6 Å². The zero-order valence-corrected chi connectivity index (χ0v) is 14.2. The van der Waals surface area contributed by atoms with Crippen LogP contribution in [0.3, 0.4) is 0 Å². The van der Waals surface area contributed by atoms with Crippen molar-refractivity contribution in [2.24, 2.45) is 0 Å². The van der Waals surface area contributed by atoms with E-state index in [1.165, 1.54) is 0 Å². The zero-order valence-electron chi connectivity index (χ0n) is 11.8. The summed E-state index contributed by atoms with van der Waals surface area (Å²) in [6.45, 7) is 1.58. The summed E-state index contributed by atoms with van der Waals surface area (Å²) in [5.41, 5.74) is 0. The van der Waals surface area contributed by atoms with Crippen LogP contribution in [0.1, 0.15) is 12.8 Å². The Morgan fingerprint density at radius 2 is 1.61 bits per heavy atom. The number of sulfone groups is 1. The maximum Gasteiger partial charge on any atom is 0.490 e. The predicted octanol–water partition coefficient (Wildman–Crippen LogP) is 2.61. The molecule has 0 saturated carbocycles. The van der Waals surface area contributed by atoms with Crippen LogP contribution in [0.25, 0.3) is 0 Å². The van der Waals surface area contributed by atoms with Gasteiger partial charge in [0.25, 0.3) is 0 Å². The Labute approximate surface area is 139 Å². The molecule has 1 aliphatic heterocycles. The van der Waals surface area contributed by atoms with E-state index in [-0.39, 0.29) is 5.25 Å². The van der Waals surface area contributed by atoms with Gasteiger partial charge in [-0.15, -0.1) is 0 Å². The zero-order chi connectivity index (χ0) is 17.7. The molecule has 1 saturated heterocycles. The van der Waals surface area contributed by atoms with Gasteiger partial charge in [0.2, 0.25) is 0 Å². The van der Waals surface area contributed by atoms with Crippen molar-refractivity contribution < 1.29 is 31.5 Å². The fourth-order valence-electron chi connectivity index (χ4n) is 1.92. The van der Waals surface area contributed by atoms with Crippen molar-refractivity contribution in [1.29, 1.82) is 0 Å². The van der Waals surface area contributed by atoms with Gasteiger partial charge in [-0.2, -0.15) is 13.2 Å². The van der Waals surface area contributed by atoms with Gasteiger partial charge in [-0.1, -0.05) is 15.9 Å². The van der Waals surface area contributed by atoms with Gasteiger partial charge in [0, 0.05) is 4.47 Å². The molecular formula is C13H15BrF3NO4S. The summed E-state index contributed by atoms with van der Waals surface area (Å²) in [4.78, 5) is 9.33. The predicted molar refractivity (Wildman–Crippen MR) is 80.9 cm³/mol. The van der Waals surface area contributed by atoms with Crippen molar-refractivity contribution in [1.82, 2.24) is 5.32 Å². The van der Waals surface area contributed by atoms with Gasteiger partial charge < -0.3 is 10.4 Å². The summed E-state index contributed by atoms with van der Waals surface area (Å²) >= 11 is 3.30. The van der Waals surface area contributed by atoms with Gasteiger partial charge in [0.15, 0.2) is 9.84 Å². The maximum absolute atomic E-state index is 12.3. The highest BCUT2D eigenvalue weighted by Crippen LogP contribution is 2.23. The molecule has 0 aliphatic carbocycles. The van der Waals surface area contributed by atoms with Crippen LogP contribution in [-0.4, -0.2) is 44.0 Å². The number of benzene rings is 1. The number of rotatable bonds is 2. The summed E-state index contributed by atoms with van der Waals surface area (Å²) in [6.07, 6.45) is -3.67. The van der Waals surface area contributed by atoms with E-state index in [4.69, 9.17) is 9.90 Å². The average molecular weight is 418 g/mol. The SMILES string of the molecule is O=C(O)C(F)(F)F.O=S(=O)(c1ccc(Br)cc1)C1CCNCC1. The Balaban J connectivity index is 0.000000322. The third-order valence-corrected chi connectivity index (χ3v) is 5.92. The third kappa shape index (κ3) is 6.11. The highest BCUT2D eigenvalue weighted by atomic mass is 79.9. The van der Waals surface area contributed by atoms with Gasteiger partial charge in [0.05, 0.1) is 10.1 Å². The van der Waals surface area contributed by atoms with Crippen molar-refractivity contribution >= 4 is 31.7 Å². The van der Waals surface area contributed by atoms with Crippen LogP contribution in [0.5, 0.6) is 0 Å². The van der Waals surface area contributed by atoms with Gasteiger partial charge in [-0.05, 0) is 50.2 Å². The van der Waals surface area contributed by atoms with Crippen LogP contribution in [0, 0.1) is 0 Å². The molecule has 1 heterocycles. The van der Waals surface area contributed by atoms with E-state index >= 15 is 0 Å². The molecule has 10 heteroatoms. The topological polar surface area (TPSA) is 83.5 Å². The van der Waals surface area contributed by atoms with Gasteiger partial charge in [0.1, 0.15) is 0 Å². The number of carboxylic acid groups (broad SMARTS) is 1. The molecular weight excluding hydrogens is 403 g/mol. The Morgan fingerprint density at radius 1 is 1.17 bits per heavy atom. The number of hydrogen-bond acceptors (Lipinski definition) is 4. The molecule has 0 radical (unpaired) electrons. The molecule has 1 aliphatic rings. The first-order chi connectivity index (χ1) is 10.5. The number of aliphatic carboxylic acids is 1. The normalized spacial score (nSPS) is 16.3. The summed E-state index contributed by atoms with van der Waals surface area (Å²) in [7, 11) is -3.14. The van der Waals surface area contributed by atoms with E-state index in [0.717, 1.165) is 17.6 Å². The van der Waals surface area contributed by atoms with E-state index in [1.807, 2.05) is 0 Å². The molecule has 0 atom stereocenters. The molecule has 0 spiro atoms.